The first-order valence-electron chi connectivity index (χ1n) is 6.46. The Morgan fingerprint density at radius 1 is 0.375 bits per heavy atom. The summed E-state index contributed by atoms with van der Waals surface area (Å²) in [6.07, 6.45) is 0. The number of hydrogen-bond donors (Lipinski definition) is 0. The van der Waals surface area contributed by atoms with E-state index in [1.807, 2.05) is 41.5 Å². The lowest BCUT2D eigenvalue weighted by molar-refractivity contribution is 0.736. The molecule has 0 aliphatic heterocycles. The Balaban J connectivity index is -0.0000000129. The second-order valence-electron chi connectivity index (χ2n) is 3.46. The van der Waals surface area contributed by atoms with E-state index < -0.39 is 0 Å². The minimum Gasteiger partial charge on any atom is -0.0776 e. The van der Waals surface area contributed by atoms with Gasteiger partial charge in [-0.3, -0.25) is 0 Å². The molecule has 0 heterocycles. The van der Waals surface area contributed by atoms with Crippen molar-refractivity contribution in [2.24, 2.45) is 11.8 Å². The Kier molecular flexibility index (Phi) is 227. The van der Waals surface area contributed by atoms with Gasteiger partial charge in [0, 0.05) is 0 Å². The highest BCUT2D eigenvalue weighted by molar-refractivity contribution is 4.21. The van der Waals surface area contributed by atoms with Crippen molar-refractivity contribution in [1.82, 2.24) is 0 Å². The van der Waals surface area contributed by atoms with Gasteiger partial charge >= 0.3 is 0 Å². The Labute approximate surface area is 110 Å². The molecule has 0 fully saturated rings. The molecule has 0 aliphatic rings. The molecular formula is C16H46. The molecule has 0 spiro atoms. The van der Waals surface area contributed by atoms with Crippen LogP contribution in [0.3, 0.4) is 0 Å². The molecule has 0 aromatic rings. The standard InChI is InChI=1S/2C4H10.3C2H6.2CH4/c2*1-4(2)3;3*1-2;;/h2*4H,1-3H3;3*1-2H3;2*1H4. The highest BCUT2D eigenvalue weighted by Crippen LogP contribution is 1.81. The van der Waals surface area contributed by atoms with E-state index in [9.17, 15) is 0 Å². The molecular weight excluding hydrogens is 192 g/mol. The molecule has 0 radical (unpaired) electrons. The molecule has 0 rings (SSSR count). The van der Waals surface area contributed by atoms with Crippen molar-refractivity contribution in [2.75, 3.05) is 0 Å². The minimum absolute atomic E-state index is 0. The average molecular weight is 239 g/mol. The molecule has 110 valence electrons. The molecule has 0 aromatic carbocycles. The van der Waals surface area contributed by atoms with Crippen molar-refractivity contribution >= 4 is 0 Å². The molecule has 0 N–H and O–H groups in total. The van der Waals surface area contributed by atoms with Crippen LogP contribution in [-0.4, -0.2) is 0 Å². The summed E-state index contributed by atoms with van der Waals surface area (Å²) in [6, 6.07) is 0. The molecule has 0 aliphatic carbocycles. The Bertz CT molecular complexity index is 15.5. The SMILES string of the molecule is C.C.CC.CC.CC.CC(C)C.CC(C)C. The van der Waals surface area contributed by atoms with Crippen molar-refractivity contribution in [3.05, 3.63) is 0 Å². The third kappa shape index (κ3) is 0. The molecule has 0 bridgehead atoms. The summed E-state index contributed by atoms with van der Waals surface area (Å²) < 4.78 is 0. The first-order chi connectivity index (χ1) is 6.46. The normalized spacial score (nSPS) is 5.62. The molecule has 0 aromatic heterocycles. The van der Waals surface area contributed by atoms with Crippen molar-refractivity contribution in [2.45, 2.75) is 97.9 Å². The molecule has 16 heavy (non-hydrogen) atoms. The number of hydrogen-bond acceptors (Lipinski definition) is 0. The summed E-state index contributed by atoms with van der Waals surface area (Å²) in [6.45, 7) is 25.0. The molecule has 0 saturated carbocycles. The maximum Gasteiger partial charge on any atom is -0.0500 e. The lowest BCUT2D eigenvalue weighted by atomic mass is 10.3. The largest absolute Gasteiger partial charge is 0.0776 e. The topological polar surface area (TPSA) is 0 Å². The van der Waals surface area contributed by atoms with Gasteiger partial charge in [0.2, 0.25) is 0 Å². The fraction of sp³-hybridized carbons (Fsp3) is 1.00. The molecule has 0 amide bonds. The van der Waals surface area contributed by atoms with E-state index in [4.69, 9.17) is 0 Å². The van der Waals surface area contributed by atoms with Crippen LogP contribution in [0.15, 0.2) is 0 Å². The van der Waals surface area contributed by atoms with E-state index in [-0.39, 0.29) is 14.9 Å². The van der Waals surface area contributed by atoms with Crippen molar-refractivity contribution < 1.29 is 0 Å². The first-order valence-corrected chi connectivity index (χ1v) is 6.46. The Morgan fingerprint density at radius 3 is 0.375 bits per heavy atom. The van der Waals surface area contributed by atoms with Crippen LogP contribution in [0.25, 0.3) is 0 Å². The van der Waals surface area contributed by atoms with Crippen molar-refractivity contribution in [3.63, 3.8) is 0 Å². The summed E-state index contributed by atoms with van der Waals surface area (Å²) in [4.78, 5) is 0. The van der Waals surface area contributed by atoms with Crippen molar-refractivity contribution in [1.29, 1.82) is 0 Å². The van der Waals surface area contributed by atoms with Gasteiger partial charge in [-0.25, -0.2) is 0 Å². The Hall–Kier alpha value is 0. The molecule has 0 heteroatoms. The summed E-state index contributed by atoms with van der Waals surface area (Å²) >= 11 is 0. The second-order valence-corrected chi connectivity index (χ2v) is 3.46. The van der Waals surface area contributed by atoms with Gasteiger partial charge in [0.05, 0.1) is 0 Å². The van der Waals surface area contributed by atoms with E-state index in [1.54, 1.807) is 0 Å². The van der Waals surface area contributed by atoms with Gasteiger partial charge in [-0.2, -0.15) is 0 Å². The third-order valence-corrected chi connectivity index (χ3v) is 0. The van der Waals surface area contributed by atoms with Gasteiger partial charge in [-0.15, -0.1) is 0 Å². The van der Waals surface area contributed by atoms with Gasteiger partial charge in [0.25, 0.3) is 0 Å². The van der Waals surface area contributed by atoms with Gasteiger partial charge in [-0.05, 0) is 11.8 Å². The molecule has 0 atom stereocenters. The lowest BCUT2D eigenvalue weighted by Crippen LogP contribution is -1.66. The van der Waals surface area contributed by atoms with Crippen LogP contribution in [0.4, 0.5) is 0 Å². The van der Waals surface area contributed by atoms with E-state index >= 15 is 0 Å². The van der Waals surface area contributed by atoms with Gasteiger partial charge in [-0.1, -0.05) is 97.9 Å². The fourth-order valence-electron chi connectivity index (χ4n) is 0. The smallest absolute Gasteiger partial charge is 0.0500 e. The monoisotopic (exact) mass is 238 g/mol. The van der Waals surface area contributed by atoms with Crippen LogP contribution in [-0.2, 0) is 0 Å². The van der Waals surface area contributed by atoms with E-state index in [2.05, 4.69) is 41.5 Å². The molecule has 0 saturated heterocycles. The predicted molar refractivity (Wildman–Crippen MR) is 88.5 cm³/mol. The van der Waals surface area contributed by atoms with Gasteiger partial charge < -0.3 is 0 Å². The van der Waals surface area contributed by atoms with Crippen LogP contribution in [0, 0.1) is 11.8 Å². The zero-order valence-corrected chi connectivity index (χ0v) is 13.2. The third-order valence-electron chi connectivity index (χ3n) is 0. The van der Waals surface area contributed by atoms with Crippen LogP contribution in [0.2, 0.25) is 0 Å². The van der Waals surface area contributed by atoms with E-state index in [1.165, 1.54) is 0 Å². The maximum absolute atomic E-state index is 2.17. The van der Waals surface area contributed by atoms with E-state index in [0.29, 0.717) is 0 Å². The van der Waals surface area contributed by atoms with E-state index in [0.717, 1.165) is 11.8 Å². The van der Waals surface area contributed by atoms with Crippen LogP contribution in [0.1, 0.15) is 97.9 Å². The van der Waals surface area contributed by atoms with Gasteiger partial charge in [0.15, 0.2) is 0 Å². The van der Waals surface area contributed by atoms with Crippen LogP contribution >= 0.6 is 0 Å². The summed E-state index contributed by atoms with van der Waals surface area (Å²) in [5.41, 5.74) is 0. The average Bonchev–Trinajstić information content (AvgIpc) is 2.12. The number of rotatable bonds is 0. The molecule has 0 nitrogen and oxygen atoms in total. The van der Waals surface area contributed by atoms with Crippen molar-refractivity contribution in [3.8, 4) is 0 Å². The molecule has 0 unspecified atom stereocenters. The minimum atomic E-state index is 0. The predicted octanol–water partition coefficient (Wildman–Crippen LogP) is 7.68. The Morgan fingerprint density at radius 2 is 0.375 bits per heavy atom. The van der Waals surface area contributed by atoms with Crippen LogP contribution in [0.5, 0.6) is 0 Å². The highest BCUT2D eigenvalue weighted by atomic mass is 13.7. The fourth-order valence-corrected chi connectivity index (χ4v) is 0. The summed E-state index contributed by atoms with van der Waals surface area (Å²) in [5.74, 6) is 1.67. The zero-order valence-electron chi connectivity index (χ0n) is 13.2. The summed E-state index contributed by atoms with van der Waals surface area (Å²) in [5, 5.41) is 0. The van der Waals surface area contributed by atoms with Gasteiger partial charge in [0.1, 0.15) is 0 Å². The second kappa shape index (κ2) is 81.7. The lowest BCUT2D eigenvalue weighted by Gasteiger charge is -1.79. The maximum atomic E-state index is 2.17. The first kappa shape index (κ1) is 44.4. The van der Waals surface area contributed by atoms with Crippen LogP contribution < -0.4 is 0 Å². The quantitative estimate of drug-likeness (QED) is 0.406. The summed E-state index contributed by atoms with van der Waals surface area (Å²) in [7, 11) is 0. The highest BCUT2D eigenvalue weighted by Gasteiger charge is 1.68. The zero-order chi connectivity index (χ0) is 13.2.